The van der Waals surface area contributed by atoms with Crippen LogP contribution in [0.1, 0.15) is 44.5 Å². The molecule has 1 aromatic rings. The number of aromatic nitrogens is 2. The minimum absolute atomic E-state index is 0.287. The summed E-state index contributed by atoms with van der Waals surface area (Å²) in [6, 6.07) is 0.287. The summed E-state index contributed by atoms with van der Waals surface area (Å²) in [6.45, 7) is 11.3. The van der Waals surface area contributed by atoms with Crippen LogP contribution in [0.4, 0.5) is 0 Å². The van der Waals surface area contributed by atoms with Gasteiger partial charge in [-0.25, -0.2) is 8.42 Å². The van der Waals surface area contributed by atoms with E-state index in [1.54, 1.807) is 23.0 Å². The highest BCUT2D eigenvalue weighted by molar-refractivity contribution is 7.89. The zero-order valence-corrected chi connectivity index (χ0v) is 17.0. The second-order valence-electron chi connectivity index (χ2n) is 8.09. The van der Waals surface area contributed by atoms with Gasteiger partial charge in [0.2, 0.25) is 10.0 Å². The lowest BCUT2D eigenvalue weighted by Crippen LogP contribution is -2.46. The topological polar surface area (TPSA) is 58.4 Å². The van der Waals surface area contributed by atoms with Crippen LogP contribution in [0.25, 0.3) is 0 Å². The van der Waals surface area contributed by atoms with Crippen molar-refractivity contribution in [3.05, 3.63) is 11.4 Å². The maximum Gasteiger partial charge on any atom is 0.246 e. The zero-order valence-electron chi connectivity index (χ0n) is 16.2. The van der Waals surface area contributed by atoms with Crippen molar-refractivity contribution in [2.24, 2.45) is 18.9 Å². The third kappa shape index (κ3) is 3.78. The predicted octanol–water partition coefficient (Wildman–Crippen LogP) is 2.17. The Hall–Kier alpha value is -0.920. The van der Waals surface area contributed by atoms with Gasteiger partial charge in [-0.05, 0) is 51.5 Å². The second kappa shape index (κ2) is 7.00. The summed E-state index contributed by atoms with van der Waals surface area (Å²) in [5.74, 6) is 1.26. The Bertz CT molecular complexity index is 722. The summed E-state index contributed by atoms with van der Waals surface area (Å²) in [7, 11) is -1.70. The molecule has 1 saturated heterocycles. The van der Waals surface area contributed by atoms with Gasteiger partial charge in [-0.2, -0.15) is 9.40 Å². The number of hydrogen-bond acceptors (Lipinski definition) is 4. The van der Waals surface area contributed by atoms with Crippen LogP contribution in [0.5, 0.6) is 0 Å². The molecule has 142 valence electrons. The van der Waals surface area contributed by atoms with Gasteiger partial charge in [-0.15, -0.1) is 0 Å². The third-order valence-electron chi connectivity index (χ3n) is 5.71. The maximum atomic E-state index is 13.4. The molecule has 0 radical (unpaired) electrons. The molecule has 0 bridgehead atoms. The first-order chi connectivity index (χ1) is 11.7. The van der Waals surface area contributed by atoms with Gasteiger partial charge in [-0.1, -0.05) is 13.8 Å². The van der Waals surface area contributed by atoms with Crippen molar-refractivity contribution in [3.8, 4) is 0 Å². The standard InChI is InChI=1S/C18H32N4O2S/c1-13(2)17-12-22(10-6-9-21(17)11-16-7-8-16)25(23,24)18-14(3)19-20(5)15(18)4/h13,16-17H,6-12H2,1-5H3/t17-/m0/s1. The molecule has 25 heavy (non-hydrogen) atoms. The van der Waals surface area contributed by atoms with Crippen molar-refractivity contribution in [3.63, 3.8) is 0 Å². The van der Waals surface area contributed by atoms with Crippen LogP contribution in [-0.2, 0) is 17.1 Å². The molecule has 1 atom stereocenters. The van der Waals surface area contributed by atoms with Gasteiger partial charge in [0, 0.05) is 32.7 Å². The number of nitrogens with zero attached hydrogens (tertiary/aromatic N) is 4. The Kier molecular flexibility index (Phi) is 5.28. The Morgan fingerprint density at radius 2 is 1.88 bits per heavy atom. The summed E-state index contributed by atoms with van der Waals surface area (Å²) >= 11 is 0. The smallest absolute Gasteiger partial charge is 0.246 e. The quantitative estimate of drug-likeness (QED) is 0.799. The van der Waals surface area contributed by atoms with E-state index in [4.69, 9.17) is 0 Å². The third-order valence-corrected chi connectivity index (χ3v) is 7.83. The van der Waals surface area contributed by atoms with E-state index in [0.29, 0.717) is 29.6 Å². The molecule has 1 saturated carbocycles. The van der Waals surface area contributed by atoms with Crippen molar-refractivity contribution < 1.29 is 8.42 Å². The fourth-order valence-corrected chi connectivity index (χ4v) is 5.89. The Morgan fingerprint density at radius 1 is 1.20 bits per heavy atom. The van der Waals surface area contributed by atoms with E-state index in [1.807, 2.05) is 6.92 Å². The van der Waals surface area contributed by atoms with Gasteiger partial charge in [0.1, 0.15) is 4.90 Å². The Balaban J connectivity index is 1.88. The molecule has 3 rings (SSSR count). The summed E-state index contributed by atoms with van der Waals surface area (Å²) < 4.78 is 30.1. The lowest BCUT2D eigenvalue weighted by Gasteiger charge is -2.34. The molecule has 0 aromatic carbocycles. The highest BCUT2D eigenvalue weighted by atomic mass is 32.2. The summed E-state index contributed by atoms with van der Waals surface area (Å²) in [6.07, 6.45) is 3.56. The van der Waals surface area contributed by atoms with Crippen LogP contribution in [0.3, 0.4) is 0 Å². The molecule has 0 spiro atoms. The van der Waals surface area contributed by atoms with E-state index in [2.05, 4.69) is 23.8 Å². The van der Waals surface area contributed by atoms with Gasteiger partial charge in [0.05, 0.1) is 11.4 Å². The average molecular weight is 369 g/mol. The number of sulfonamides is 1. The van der Waals surface area contributed by atoms with E-state index in [9.17, 15) is 8.42 Å². The van der Waals surface area contributed by atoms with Gasteiger partial charge in [0.15, 0.2) is 0 Å². The van der Waals surface area contributed by atoms with Crippen LogP contribution in [0.2, 0.25) is 0 Å². The van der Waals surface area contributed by atoms with Crippen LogP contribution in [0.15, 0.2) is 4.90 Å². The summed E-state index contributed by atoms with van der Waals surface area (Å²) in [5, 5.41) is 4.31. The predicted molar refractivity (Wildman–Crippen MR) is 99.0 cm³/mol. The maximum absolute atomic E-state index is 13.4. The fourth-order valence-electron chi connectivity index (χ4n) is 4.00. The van der Waals surface area contributed by atoms with Crippen molar-refractivity contribution in [2.45, 2.75) is 57.9 Å². The molecule has 2 aliphatic rings. The first kappa shape index (κ1) is 18.9. The molecular formula is C18H32N4O2S. The fraction of sp³-hybridized carbons (Fsp3) is 0.833. The monoisotopic (exact) mass is 368 g/mol. The molecule has 1 aliphatic carbocycles. The van der Waals surface area contributed by atoms with E-state index in [1.165, 1.54) is 12.8 Å². The van der Waals surface area contributed by atoms with E-state index in [0.717, 1.165) is 31.1 Å². The minimum Gasteiger partial charge on any atom is -0.298 e. The minimum atomic E-state index is -3.51. The molecule has 7 heteroatoms. The summed E-state index contributed by atoms with van der Waals surface area (Å²) in [5.41, 5.74) is 1.32. The Morgan fingerprint density at radius 3 is 2.40 bits per heavy atom. The first-order valence-corrected chi connectivity index (χ1v) is 10.9. The van der Waals surface area contributed by atoms with Crippen molar-refractivity contribution in [1.82, 2.24) is 19.0 Å². The van der Waals surface area contributed by atoms with Crippen molar-refractivity contribution in [1.29, 1.82) is 0 Å². The van der Waals surface area contributed by atoms with E-state index >= 15 is 0 Å². The molecule has 0 amide bonds. The average Bonchev–Trinajstić information content (AvgIpc) is 3.30. The Labute approximate surface area is 152 Å². The summed E-state index contributed by atoms with van der Waals surface area (Å²) in [4.78, 5) is 2.94. The van der Waals surface area contributed by atoms with Gasteiger partial charge < -0.3 is 0 Å². The molecule has 0 N–H and O–H groups in total. The molecule has 2 fully saturated rings. The zero-order chi connectivity index (χ0) is 18.4. The molecule has 1 aliphatic heterocycles. The highest BCUT2D eigenvalue weighted by Gasteiger charge is 2.37. The normalized spacial score (nSPS) is 24.0. The number of hydrogen-bond donors (Lipinski definition) is 0. The van der Waals surface area contributed by atoms with Crippen LogP contribution >= 0.6 is 0 Å². The van der Waals surface area contributed by atoms with E-state index in [-0.39, 0.29) is 6.04 Å². The lowest BCUT2D eigenvalue weighted by molar-refractivity contribution is 0.150. The van der Waals surface area contributed by atoms with Crippen LogP contribution in [-0.4, -0.2) is 59.6 Å². The van der Waals surface area contributed by atoms with Crippen LogP contribution in [0, 0.1) is 25.7 Å². The molecular weight excluding hydrogens is 336 g/mol. The lowest BCUT2D eigenvalue weighted by atomic mass is 10.0. The molecule has 2 heterocycles. The van der Waals surface area contributed by atoms with Crippen molar-refractivity contribution in [2.75, 3.05) is 26.2 Å². The van der Waals surface area contributed by atoms with Gasteiger partial charge in [0.25, 0.3) is 0 Å². The van der Waals surface area contributed by atoms with Gasteiger partial charge in [-0.3, -0.25) is 9.58 Å². The SMILES string of the molecule is Cc1nn(C)c(C)c1S(=O)(=O)N1CCCN(CC2CC2)[C@H](C(C)C)C1. The molecule has 0 unspecified atom stereocenters. The number of aryl methyl sites for hydroxylation is 2. The molecule has 1 aromatic heterocycles. The van der Waals surface area contributed by atoms with E-state index < -0.39 is 10.0 Å². The number of rotatable bonds is 5. The van der Waals surface area contributed by atoms with Gasteiger partial charge >= 0.3 is 0 Å². The highest BCUT2D eigenvalue weighted by Crippen LogP contribution is 2.33. The molecule has 6 nitrogen and oxygen atoms in total. The second-order valence-corrected chi connectivity index (χ2v) is 9.96. The van der Waals surface area contributed by atoms with Crippen LogP contribution < -0.4 is 0 Å². The largest absolute Gasteiger partial charge is 0.298 e. The first-order valence-electron chi connectivity index (χ1n) is 9.46. The van der Waals surface area contributed by atoms with Crippen molar-refractivity contribution >= 4 is 10.0 Å².